The Kier molecular flexibility index (Phi) is 7.75. The van der Waals surface area contributed by atoms with Crippen molar-refractivity contribution in [3.63, 3.8) is 0 Å². The quantitative estimate of drug-likeness (QED) is 0.169. The highest BCUT2D eigenvalue weighted by Crippen LogP contribution is 2.24. The van der Waals surface area contributed by atoms with E-state index < -0.39 is 17.8 Å². The Morgan fingerprint density at radius 1 is 1.00 bits per heavy atom. The number of halogens is 2. The van der Waals surface area contributed by atoms with Crippen LogP contribution in [-0.4, -0.2) is 24.0 Å². The van der Waals surface area contributed by atoms with Crippen molar-refractivity contribution < 1.29 is 19.1 Å². The van der Waals surface area contributed by atoms with Crippen molar-refractivity contribution in [1.29, 1.82) is 0 Å². The number of rotatable bonds is 5. The molecule has 0 bridgehead atoms. The van der Waals surface area contributed by atoms with Gasteiger partial charge in [-0.3, -0.25) is 9.59 Å². The lowest BCUT2D eigenvalue weighted by Gasteiger charge is -2.09. The summed E-state index contributed by atoms with van der Waals surface area (Å²) in [6, 6.07) is 18.4. The zero-order valence-electron chi connectivity index (χ0n) is 16.8. The average Bonchev–Trinajstić information content (AvgIpc) is 2.79. The highest BCUT2D eigenvalue weighted by molar-refractivity contribution is 9.10. The van der Waals surface area contributed by atoms with Crippen molar-refractivity contribution in [2.45, 2.75) is 6.92 Å². The smallest absolute Gasteiger partial charge is 0.343 e. The molecule has 0 aliphatic rings. The zero-order chi connectivity index (χ0) is 23.1. The van der Waals surface area contributed by atoms with Crippen LogP contribution in [0.15, 0.2) is 76.3 Å². The van der Waals surface area contributed by atoms with Gasteiger partial charge in [-0.15, -0.1) is 0 Å². The molecule has 9 heteroatoms. The van der Waals surface area contributed by atoms with Crippen LogP contribution in [0.25, 0.3) is 0 Å². The summed E-state index contributed by atoms with van der Waals surface area (Å²) in [4.78, 5) is 36.5. The summed E-state index contributed by atoms with van der Waals surface area (Å²) in [5, 5.41) is 6.75. The van der Waals surface area contributed by atoms with E-state index in [0.29, 0.717) is 31.9 Å². The second-order valence-corrected chi connectivity index (χ2v) is 7.83. The van der Waals surface area contributed by atoms with Gasteiger partial charge in [0.05, 0.1) is 11.8 Å². The largest absolute Gasteiger partial charge is 0.422 e. The topological polar surface area (TPSA) is 96.9 Å². The number of hydrazone groups is 1. The minimum absolute atomic E-state index is 0.235. The maximum atomic E-state index is 12.3. The van der Waals surface area contributed by atoms with Gasteiger partial charge in [0.25, 0.3) is 0 Å². The summed E-state index contributed by atoms with van der Waals surface area (Å²) in [6.45, 7) is 1.72. The summed E-state index contributed by atoms with van der Waals surface area (Å²) in [5.74, 6) is -2.18. The summed E-state index contributed by atoms with van der Waals surface area (Å²) >= 11 is 9.35. The van der Waals surface area contributed by atoms with Crippen LogP contribution in [0.1, 0.15) is 21.5 Å². The lowest BCUT2D eigenvalue weighted by Crippen LogP contribution is -2.32. The first kappa shape index (κ1) is 23.2. The van der Waals surface area contributed by atoms with Crippen molar-refractivity contribution in [2.24, 2.45) is 5.10 Å². The van der Waals surface area contributed by atoms with E-state index >= 15 is 0 Å². The number of hydrogen-bond donors (Lipinski definition) is 2. The molecule has 0 unspecified atom stereocenters. The number of ether oxygens (including phenoxy) is 1. The van der Waals surface area contributed by atoms with Crippen LogP contribution in [0.3, 0.4) is 0 Å². The maximum Gasteiger partial charge on any atom is 0.343 e. The van der Waals surface area contributed by atoms with Gasteiger partial charge in [-0.1, -0.05) is 51.8 Å². The Bertz CT molecular complexity index is 1200. The third-order valence-corrected chi connectivity index (χ3v) is 5.18. The molecule has 162 valence electrons. The third-order valence-electron chi connectivity index (χ3n) is 4.28. The van der Waals surface area contributed by atoms with E-state index in [4.69, 9.17) is 16.3 Å². The van der Waals surface area contributed by atoms with Gasteiger partial charge in [-0.05, 0) is 55.0 Å². The van der Waals surface area contributed by atoms with Gasteiger partial charge in [-0.2, -0.15) is 5.10 Å². The first-order valence-electron chi connectivity index (χ1n) is 9.31. The molecule has 0 fully saturated rings. The third kappa shape index (κ3) is 6.03. The van der Waals surface area contributed by atoms with Crippen LogP contribution in [-0.2, 0) is 9.59 Å². The van der Waals surface area contributed by atoms with Crippen molar-refractivity contribution in [3.05, 3.63) is 92.9 Å². The van der Waals surface area contributed by atoms with Crippen LogP contribution in [0.4, 0.5) is 5.69 Å². The molecule has 0 aliphatic heterocycles. The van der Waals surface area contributed by atoms with Crippen LogP contribution in [0, 0.1) is 6.92 Å². The maximum absolute atomic E-state index is 12.3. The SMILES string of the molecule is Cc1c(Cl)cccc1NC(=O)C(=O)N/N=C\c1cc(Br)ccc1OC(=O)c1ccccc1. The molecule has 2 amide bonds. The highest BCUT2D eigenvalue weighted by Gasteiger charge is 2.15. The Hall–Kier alpha value is -3.49. The molecule has 2 N–H and O–H groups in total. The molecule has 3 aromatic rings. The predicted molar refractivity (Wildman–Crippen MR) is 126 cm³/mol. The predicted octanol–water partition coefficient (Wildman–Crippen LogP) is 4.72. The minimum atomic E-state index is -0.974. The molecule has 0 saturated carbocycles. The average molecular weight is 515 g/mol. The Labute approximate surface area is 197 Å². The summed E-state index contributed by atoms with van der Waals surface area (Å²) in [6.07, 6.45) is 1.27. The molecule has 3 rings (SSSR count). The number of amides is 2. The zero-order valence-corrected chi connectivity index (χ0v) is 19.1. The van der Waals surface area contributed by atoms with E-state index in [0.717, 1.165) is 0 Å². The van der Waals surface area contributed by atoms with Crippen molar-refractivity contribution in [1.82, 2.24) is 5.43 Å². The van der Waals surface area contributed by atoms with Gasteiger partial charge in [0, 0.05) is 20.7 Å². The van der Waals surface area contributed by atoms with E-state index in [9.17, 15) is 14.4 Å². The lowest BCUT2D eigenvalue weighted by molar-refractivity contribution is -0.136. The van der Waals surface area contributed by atoms with Crippen LogP contribution in [0.2, 0.25) is 5.02 Å². The van der Waals surface area contributed by atoms with Gasteiger partial charge >= 0.3 is 17.8 Å². The second kappa shape index (κ2) is 10.7. The lowest BCUT2D eigenvalue weighted by atomic mass is 10.2. The van der Waals surface area contributed by atoms with Crippen molar-refractivity contribution in [3.8, 4) is 5.75 Å². The first-order chi connectivity index (χ1) is 15.3. The standard InChI is InChI=1S/C23H17BrClN3O4/c1-14-18(25)8-5-9-19(14)27-21(29)22(30)28-26-13-16-12-17(24)10-11-20(16)32-23(31)15-6-3-2-4-7-15/h2-13H,1H3,(H,27,29)(H,28,30)/b26-13-. The van der Waals surface area contributed by atoms with E-state index in [-0.39, 0.29) is 5.75 Å². The van der Waals surface area contributed by atoms with Gasteiger partial charge in [-0.25, -0.2) is 10.2 Å². The molecule has 0 spiro atoms. The Balaban J connectivity index is 1.67. The van der Waals surface area contributed by atoms with Crippen molar-refractivity contribution in [2.75, 3.05) is 5.32 Å². The minimum Gasteiger partial charge on any atom is -0.422 e. The van der Waals surface area contributed by atoms with E-state index in [2.05, 4.69) is 31.8 Å². The summed E-state index contributed by atoms with van der Waals surface area (Å²) in [7, 11) is 0. The van der Waals surface area contributed by atoms with Crippen LogP contribution < -0.4 is 15.5 Å². The molecular weight excluding hydrogens is 498 g/mol. The molecule has 32 heavy (non-hydrogen) atoms. The number of hydrogen-bond acceptors (Lipinski definition) is 5. The number of anilines is 1. The molecule has 7 nitrogen and oxygen atoms in total. The highest BCUT2D eigenvalue weighted by atomic mass is 79.9. The summed E-state index contributed by atoms with van der Waals surface area (Å²) in [5.41, 5.74) is 4.00. The molecule has 0 aromatic heterocycles. The number of benzene rings is 3. The molecule has 0 radical (unpaired) electrons. The molecule has 0 saturated heterocycles. The first-order valence-corrected chi connectivity index (χ1v) is 10.5. The van der Waals surface area contributed by atoms with E-state index in [1.54, 1.807) is 73.7 Å². The van der Waals surface area contributed by atoms with Crippen LogP contribution in [0.5, 0.6) is 5.75 Å². The molecule has 3 aromatic carbocycles. The van der Waals surface area contributed by atoms with Gasteiger partial charge in [0.2, 0.25) is 0 Å². The van der Waals surface area contributed by atoms with Gasteiger partial charge in [0.1, 0.15) is 5.75 Å². The molecular formula is C23H17BrClN3O4. The fourth-order valence-electron chi connectivity index (χ4n) is 2.58. The van der Waals surface area contributed by atoms with Gasteiger partial charge in [0.15, 0.2) is 0 Å². The normalized spacial score (nSPS) is 10.6. The summed E-state index contributed by atoms with van der Waals surface area (Å²) < 4.78 is 6.15. The van der Waals surface area contributed by atoms with Crippen LogP contribution >= 0.6 is 27.5 Å². The molecule has 0 aliphatic carbocycles. The number of esters is 1. The number of carbonyl (C=O) groups is 3. The fraction of sp³-hybridized carbons (Fsp3) is 0.0435. The van der Waals surface area contributed by atoms with E-state index in [1.807, 2.05) is 0 Å². The van der Waals surface area contributed by atoms with E-state index in [1.165, 1.54) is 6.21 Å². The Morgan fingerprint density at radius 3 is 2.50 bits per heavy atom. The number of nitrogens with one attached hydrogen (secondary N) is 2. The monoisotopic (exact) mass is 513 g/mol. The Morgan fingerprint density at radius 2 is 1.75 bits per heavy atom. The van der Waals surface area contributed by atoms with Crippen molar-refractivity contribution >= 4 is 57.2 Å². The van der Waals surface area contributed by atoms with Gasteiger partial charge < -0.3 is 10.1 Å². The molecule has 0 atom stereocenters. The number of nitrogens with zero attached hydrogens (tertiary/aromatic N) is 1. The number of carbonyl (C=O) groups excluding carboxylic acids is 3. The second-order valence-electron chi connectivity index (χ2n) is 6.50. The fourth-order valence-corrected chi connectivity index (χ4v) is 3.13. The molecule has 0 heterocycles.